The first-order chi connectivity index (χ1) is 27.5. The first-order valence-electron chi connectivity index (χ1n) is 20.9. The van der Waals surface area contributed by atoms with E-state index in [4.69, 9.17) is 28.4 Å². The molecule has 4 aliphatic rings. The van der Waals surface area contributed by atoms with E-state index in [1.165, 1.54) is 0 Å². The van der Waals surface area contributed by atoms with E-state index in [1.54, 1.807) is 0 Å². The maximum atomic E-state index is 14.2. The van der Waals surface area contributed by atoms with Gasteiger partial charge in [0.2, 0.25) is 5.71 Å². The topological polar surface area (TPSA) is 102 Å². The van der Waals surface area contributed by atoms with Gasteiger partial charge in [-0.15, -0.1) is 0 Å². The zero-order valence-corrected chi connectivity index (χ0v) is 34.1. The van der Waals surface area contributed by atoms with E-state index in [-0.39, 0.29) is 35.9 Å². The summed E-state index contributed by atoms with van der Waals surface area (Å²) in [6.45, 7) is 14.8. The Morgan fingerprint density at radius 3 is 1.75 bits per heavy atom. The Morgan fingerprint density at radius 1 is 0.643 bits per heavy atom. The van der Waals surface area contributed by atoms with Crippen LogP contribution in [0.25, 0.3) is 5.57 Å². The van der Waals surface area contributed by atoms with Gasteiger partial charge < -0.3 is 38.4 Å². The Hall–Kier alpha value is -4.54. The van der Waals surface area contributed by atoms with E-state index in [1.807, 2.05) is 60.7 Å². The molecule has 0 aromatic heterocycles. The number of carbonyl (C=O) groups is 1. The van der Waals surface area contributed by atoms with Gasteiger partial charge >= 0.3 is 0 Å². The van der Waals surface area contributed by atoms with Gasteiger partial charge in [-0.1, -0.05) is 71.3 Å². The van der Waals surface area contributed by atoms with Gasteiger partial charge in [-0.3, -0.25) is 4.79 Å². The lowest BCUT2D eigenvalue weighted by Crippen LogP contribution is -2.32. The summed E-state index contributed by atoms with van der Waals surface area (Å²) in [4.78, 5) is 16.5. The maximum absolute atomic E-state index is 14.2. The molecule has 2 aromatic carbocycles. The van der Waals surface area contributed by atoms with Gasteiger partial charge in [0.25, 0.3) is 0 Å². The molecule has 0 saturated carbocycles. The van der Waals surface area contributed by atoms with Crippen LogP contribution < -0.4 is 24.2 Å². The molecule has 2 aliphatic heterocycles. The minimum atomic E-state index is -0.312. The zero-order valence-electron chi connectivity index (χ0n) is 34.1. The molecular weight excluding hydrogens is 709 g/mol. The number of para-hydroxylation sites is 2. The van der Waals surface area contributed by atoms with Crippen molar-refractivity contribution in [1.29, 1.82) is 0 Å². The number of carbonyl (C=O) groups excluding carboxylic acids is 1. The number of unbranched alkanes of at least 4 members (excludes halogenated alkanes) is 4. The van der Waals surface area contributed by atoms with Crippen LogP contribution >= 0.6 is 0 Å². The lowest BCUT2D eigenvalue weighted by Gasteiger charge is -2.34. The molecule has 10 nitrogen and oxygen atoms in total. The van der Waals surface area contributed by atoms with Crippen LogP contribution in [-0.4, -0.2) is 95.1 Å². The van der Waals surface area contributed by atoms with Crippen molar-refractivity contribution < 1.29 is 42.9 Å². The molecule has 10 heteroatoms. The predicted molar refractivity (Wildman–Crippen MR) is 220 cm³/mol. The second-order valence-corrected chi connectivity index (χ2v) is 14.2. The zero-order chi connectivity index (χ0) is 39.5. The van der Waals surface area contributed by atoms with Crippen molar-refractivity contribution in [3.8, 4) is 17.2 Å². The molecule has 2 heterocycles. The highest BCUT2D eigenvalue weighted by atomic mass is 16.6. The summed E-state index contributed by atoms with van der Waals surface area (Å²) < 4.78 is 38.8. The van der Waals surface area contributed by atoms with E-state index in [9.17, 15) is 9.90 Å². The standard InChI is InChI=1S/C46H62N2O8/c1-5-9-21-47(22-10-6-2)35-17-19-37-41(33-35)55-31-27-51-25-29-53-39-15-13-14-16-40(39)54-30-26-52-28-32-56-42-34-36(48(23-11-7-3)24-12-8-4)18-20-38(42)44-45(49)43(37)46(44)50/h13-20,33-34H,5-12,21-32H2,1-4H3. The summed E-state index contributed by atoms with van der Waals surface area (Å²) in [5.74, 6) is 1.63. The number of ether oxygens (including phenoxy) is 6. The van der Waals surface area contributed by atoms with E-state index >= 15 is 0 Å². The van der Waals surface area contributed by atoms with Crippen molar-refractivity contribution in [2.45, 2.75) is 79.1 Å². The molecule has 0 N–H and O–H groups in total. The van der Waals surface area contributed by atoms with Gasteiger partial charge in [0.1, 0.15) is 51.0 Å². The smallest absolute Gasteiger partial charge is 0.203 e. The molecule has 0 atom stereocenters. The molecule has 2 aromatic rings. The summed E-state index contributed by atoms with van der Waals surface area (Å²) in [7, 11) is 0. The van der Waals surface area contributed by atoms with Gasteiger partial charge in [0.15, 0.2) is 17.3 Å². The van der Waals surface area contributed by atoms with Crippen LogP contribution in [0.5, 0.6) is 17.2 Å². The first kappa shape index (κ1) is 42.6. The Morgan fingerprint density at radius 2 is 1.20 bits per heavy atom. The molecule has 56 heavy (non-hydrogen) atoms. The molecule has 304 valence electrons. The van der Waals surface area contributed by atoms with E-state index < -0.39 is 0 Å². The average molecular weight is 771 g/mol. The highest BCUT2D eigenvalue weighted by molar-refractivity contribution is 6.39. The van der Waals surface area contributed by atoms with Gasteiger partial charge in [0, 0.05) is 66.0 Å². The molecule has 0 fully saturated rings. The molecule has 0 unspecified atom stereocenters. The second kappa shape index (κ2) is 22.9. The molecule has 0 spiro atoms. The van der Waals surface area contributed by atoms with Gasteiger partial charge in [-0.05, 0) is 43.2 Å². The summed E-state index contributed by atoms with van der Waals surface area (Å²) in [6.07, 6.45) is 14.4. The SMILES string of the molecule is CCCCN(CCCC)c1ccc2c(c1)OCCOCCOc1ccccc1OCCOCCOC1=CC(=[N+](CCCC)CCCC)C=CC1=C1C(=O)C2=C1[O-]. The molecular formula is C46H62N2O8. The van der Waals surface area contributed by atoms with Crippen molar-refractivity contribution in [2.75, 3.05) is 83.9 Å². The maximum Gasteiger partial charge on any atom is 0.203 e. The number of ketones is 1. The quantitative estimate of drug-likeness (QED) is 0.152. The van der Waals surface area contributed by atoms with E-state index in [0.717, 1.165) is 88.9 Å². The lowest BCUT2D eigenvalue weighted by atomic mass is 9.79. The predicted octanol–water partition coefficient (Wildman–Crippen LogP) is 7.45. The van der Waals surface area contributed by atoms with Crippen LogP contribution in [0.4, 0.5) is 5.69 Å². The van der Waals surface area contributed by atoms with Gasteiger partial charge in [0.05, 0.1) is 32.5 Å². The summed E-state index contributed by atoms with van der Waals surface area (Å²) in [5, 5.41) is 14.2. The van der Waals surface area contributed by atoms with Crippen LogP contribution in [-0.2, 0) is 19.0 Å². The van der Waals surface area contributed by atoms with Crippen LogP contribution in [0.3, 0.4) is 0 Å². The average Bonchev–Trinajstić information content (AvgIpc) is 3.21. The largest absolute Gasteiger partial charge is 0.871 e. The number of allylic oxidation sites excluding steroid dienone is 5. The highest BCUT2D eigenvalue weighted by Gasteiger charge is 2.35. The minimum Gasteiger partial charge on any atom is -0.871 e. The number of nitrogens with zero attached hydrogens (tertiary/aromatic N) is 2. The molecule has 0 amide bonds. The molecule has 2 bridgehead atoms. The minimum absolute atomic E-state index is 0.132. The van der Waals surface area contributed by atoms with Crippen molar-refractivity contribution >= 4 is 22.8 Å². The first-order valence-corrected chi connectivity index (χ1v) is 20.9. The normalized spacial score (nSPS) is 16.9. The monoisotopic (exact) mass is 770 g/mol. The number of benzene rings is 2. The number of hydrogen-bond acceptors (Lipinski definition) is 9. The number of rotatable bonds is 13. The van der Waals surface area contributed by atoms with Crippen molar-refractivity contribution in [3.05, 3.63) is 88.9 Å². The number of hydrogen-bond donors (Lipinski definition) is 0. The molecule has 0 saturated heterocycles. The van der Waals surface area contributed by atoms with Gasteiger partial charge in [-0.25, -0.2) is 4.58 Å². The Kier molecular flexibility index (Phi) is 17.4. The van der Waals surface area contributed by atoms with E-state index in [0.29, 0.717) is 73.8 Å². The Labute approximate surface area is 334 Å². The third-order valence-corrected chi connectivity index (χ3v) is 10.0. The summed E-state index contributed by atoms with van der Waals surface area (Å²) in [6, 6.07) is 13.4. The number of Topliss-reactive ketones (excluding diaryl/α,β-unsaturated/α-hetero) is 1. The van der Waals surface area contributed by atoms with Crippen molar-refractivity contribution in [1.82, 2.24) is 0 Å². The van der Waals surface area contributed by atoms with Crippen LogP contribution in [0.15, 0.2) is 83.4 Å². The Bertz CT molecular complexity index is 1740. The third kappa shape index (κ3) is 11.5. The second-order valence-electron chi connectivity index (χ2n) is 14.2. The van der Waals surface area contributed by atoms with E-state index in [2.05, 4.69) is 37.2 Å². The highest BCUT2D eigenvalue weighted by Crippen LogP contribution is 2.43. The van der Waals surface area contributed by atoms with Gasteiger partial charge in [-0.2, -0.15) is 0 Å². The van der Waals surface area contributed by atoms with Crippen LogP contribution in [0, 0.1) is 0 Å². The third-order valence-electron chi connectivity index (χ3n) is 10.0. The van der Waals surface area contributed by atoms with Crippen LogP contribution in [0.2, 0.25) is 0 Å². The fourth-order valence-corrected chi connectivity index (χ4v) is 6.82. The lowest BCUT2D eigenvalue weighted by molar-refractivity contribution is -0.527. The molecule has 2 aliphatic carbocycles. The molecule has 6 rings (SSSR count). The van der Waals surface area contributed by atoms with Crippen molar-refractivity contribution in [2.24, 2.45) is 0 Å². The fraction of sp³-hybridized carbons (Fsp3) is 0.522. The fourth-order valence-electron chi connectivity index (χ4n) is 6.82. The summed E-state index contributed by atoms with van der Waals surface area (Å²) in [5.41, 5.74) is 3.27. The van der Waals surface area contributed by atoms with Crippen LogP contribution in [0.1, 0.15) is 84.6 Å². The number of fused-ring (bicyclic) bond motifs is 12. The Balaban J connectivity index is 1.51. The number of anilines is 1. The summed E-state index contributed by atoms with van der Waals surface area (Å²) >= 11 is 0. The molecule has 0 radical (unpaired) electrons. The van der Waals surface area contributed by atoms with Crippen molar-refractivity contribution in [3.63, 3.8) is 0 Å².